The van der Waals surface area contributed by atoms with E-state index in [4.69, 9.17) is 0 Å². The van der Waals surface area contributed by atoms with Gasteiger partial charge < -0.3 is 10.2 Å². The summed E-state index contributed by atoms with van der Waals surface area (Å²) in [5.74, 6) is 1.50. The number of aromatic nitrogens is 2. The van der Waals surface area contributed by atoms with Gasteiger partial charge in [-0.2, -0.15) is 5.10 Å². The molecule has 1 N–H and O–H groups in total. The summed E-state index contributed by atoms with van der Waals surface area (Å²) in [5.41, 5.74) is 0.954. The van der Waals surface area contributed by atoms with Crippen LogP contribution in [0.4, 0.5) is 5.82 Å². The van der Waals surface area contributed by atoms with Crippen molar-refractivity contribution in [3.63, 3.8) is 0 Å². The minimum absolute atomic E-state index is 0.548. The Bertz CT molecular complexity index is 395. The average Bonchev–Trinajstić information content (AvgIpc) is 2.43. The Balaban J connectivity index is 1.90. The molecule has 0 bridgehead atoms. The Hall–Kier alpha value is -1.20. The number of hydrogen-bond acceptors (Lipinski definition) is 5. The molecular formula is C15H27N5. The van der Waals surface area contributed by atoms with Crippen LogP contribution >= 0.6 is 0 Å². The Morgan fingerprint density at radius 3 is 2.40 bits per heavy atom. The number of nitrogens with one attached hydrogen (secondary N) is 1. The van der Waals surface area contributed by atoms with Gasteiger partial charge in [0.25, 0.3) is 0 Å². The molecule has 112 valence electrons. The third-order valence-electron chi connectivity index (χ3n) is 4.07. The third-order valence-corrected chi connectivity index (χ3v) is 4.07. The van der Waals surface area contributed by atoms with E-state index >= 15 is 0 Å². The maximum atomic E-state index is 4.18. The lowest BCUT2D eigenvalue weighted by atomic mass is 10.0. The second-order valence-electron chi connectivity index (χ2n) is 6.09. The zero-order valence-electron chi connectivity index (χ0n) is 13.1. The first-order valence-electron chi connectivity index (χ1n) is 7.53. The smallest absolute Gasteiger partial charge is 0.148 e. The van der Waals surface area contributed by atoms with E-state index in [2.05, 4.69) is 46.2 Å². The number of aryl methyl sites for hydroxylation is 1. The Morgan fingerprint density at radius 1 is 1.15 bits per heavy atom. The van der Waals surface area contributed by atoms with Crippen molar-refractivity contribution < 1.29 is 0 Å². The van der Waals surface area contributed by atoms with Crippen molar-refractivity contribution in [1.82, 2.24) is 20.0 Å². The van der Waals surface area contributed by atoms with Gasteiger partial charge in [0.2, 0.25) is 0 Å². The van der Waals surface area contributed by atoms with E-state index in [0.717, 1.165) is 44.2 Å². The van der Waals surface area contributed by atoms with Crippen molar-refractivity contribution >= 4 is 5.82 Å². The zero-order chi connectivity index (χ0) is 14.5. The first-order chi connectivity index (χ1) is 9.56. The zero-order valence-corrected chi connectivity index (χ0v) is 13.1. The number of anilines is 1. The third kappa shape index (κ3) is 4.15. The molecule has 1 aliphatic heterocycles. The van der Waals surface area contributed by atoms with Gasteiger partial charge in [0, 0.05) is 38.8 Å². The molecule has 1 aromatic heterocycles. The Labute approximate surface area is 122 Å². The molecule has 2 heterocycles. The van der Waals surface area contributed by atoms with Gasteiger partial charge in [-0.05, 0) is 32.0 Å². The van der Waals surface area contributed by atoms with Crippen molar-refractivity contribution in [3.8, 4) is 0 Å². The van der Waals surface area contributed by atoms with Crippen LogP contribution < -0.4 is 5.32 Å². The molecule has 2 rings (SSSR count). The van der Waals surface area contributed by atoms with Gasteiger partial charge in [0.05, 0.1) is 5.69 Å². The topological polar surface area (TPSA) is 44.3 Å². The summed E-state index contributed by atoms with van der Waals surface area (Å²) < 4.78 is 0. The molecule has 1 saturated heterocycles. The van der Waals surface area contributed by atoms with Crippen molar-refractivity contribution in [2.45, 2.75) is 26.8 Å². The lowest BCUT2D eigenvalue weighted by molar-refractivity contribution is 0.0944. The summed E-state index contributed by atoms with van der Waals surface area (Å²) in [6.07, 6.45) is 0. The lowest BCUT2D eigenvalue weighted by Gasteiger charge is -2.40. The number of nitrogens with zero attached hydrogens (tertiary/aromatic N) is 4. The molecule has 0 aliphatic carbocycles. The minimum Gasteiger partial charge on any atom is -0.367 e. The van der Waals surface area contributed by atoms with Crippen molar-refractivity contribution in [1.29, 1.82) is 0 Å². The Kier molecular flexibility index (Phi) is 5.31. The molecule has 0 amide bonds. The fourth-order valence-electron chi connectivity index (χ4n) is 2.64. The van der Waals surface area contributed by atoms with Gasteiger partial charge in [-0.25, -0.2) is 0 Å². The normalized spacial score (nSPS) is 19.2. The molecule has 1 atom stereocenters. The van der Waals surface area contributed by atoms with Crippen LogP contribution in [0.15, 0.2) is 12.1 Å². The molecule has 0 spiro atoms. The number of rotatable bonds is 5. The van der Waals surface area contributed by atoms with Crippen LogP contribution in [0, 0.1) is 12.8 Å². The summed E-state index contributed by atoms with van der Waals surface area (Å²) in [6, 6.07) is 4.55. The molecule has 1 aromatic rings. The molecule has 1 fully saturated rings. The standard InChI is InChI=1S/C15H27N5/c1-12(2)14(20-9-7-19(4)8-10-20)11-16-15-6-5-13(3)17-18-15/h5-6,12,14H,7-11H2,1-4H3,(H,16,18). The van der Waals surface area contributed by atoms with Crippen molar-refractivity contribution in [3.05, 3.63) is 17.8 Å². The predicted molar refractivity (Wildman–Crippen MR) is 83.0 cm³/mol. The molecule has 5 heteroatoms. The van der Waals surface area contributed by atoms with Gasteiger partial charge >= 0.3 is 0 Å². The largest absolute Gasteiger partial charge is 0.367 e. The fourth-order valence-corrected chi connectivity index (χ4v) is 2.64. The molecule has 0 aromatic carbocycles. The summed E-state index contributed by atoms with van der Waals surface area (Å²) in [5, 5.41) is 11.7. The highest BCUT2D eigenvalue weighted by Crippen LogP contribution is 2.14. The molecular weight excluding hydrogens is 250 g/mol. The van der Waals surface area contributed by atoms with E-state index in [1.54, 1.807) is 0 Å². The van der Waals surface area contributed by atoms with Crippen LogP contribution in [-0.2, 0) is 0 Å². The predicted octanol–water partition coefficient (Wildman–Crippen LogP) is 1.47. The van der Waals surface area contributed by atoms with Crippen LogP contribution in [-0.4, -0.2) is 65.8 Å². The van der Waals surface area contributed by atoms with E-state index in [9.17, 15) is 0 Å². The highest BCUT2D eigenvalue weighted by molar-refractivity contribution is 5.32. The van der Waals surface area contributed by atoms with Gasteiger partial charge in [0.1, 0.15) is 5.82 Å². The first kappa shape index (κ1) is 15.2. The van der Waals surface area contributed by atoms with E-state index in [1.165, 1.54) is 0 Å². The minimum atomic E-state index is 0.548. The monoisotopic (exact) mass is 277 g/mol. The maximum absolute atomic E-state index is 4.18. The molecule has 1 aliphatic rings. The molecule has 0 saturated carbocycles. The van der Waals surface area contributed by atoms with Crippen LogP contribution in [0.5, 0.6) is 0 Å². The highest BCUT2D eigenvalue weighted by Gasteiger charge is 2.24. The molecule has 5 nitrogen and oxygen atoms in total. The van der Waals surface area contributed by atoms with Crippen LogP contribution in [0.1, 0.15) is 19.5 Å². The van der Waals surface area contributed by atoms with E-state index in [1.807, 2.05) is 19.1 Å². The van der Waals surface area contributed by atoms with Gasteiger partial charge in [-0.15, -0.1) is 5.10 Å². The van der Waals surface area contributed by atoms with E-state index in [-0.39, 0.29) is 0 Å². The van der Waals surface area contributed by atoms with Gasteiger partial charge in [0.15, 0.2) is 0 Å². The second-order valence-corrected chi connectivity index (χ2v) is 6.09. The number of hydrogen-bond donors (Lipinski definition) is 1. The maximum Gasteiger partial charge on any atom is 0.148 e. The van der Waals surface area contributed by atoms with Crippen LogP contribution in [0.3, 0.4) is 0 Å². The second kappa shape index (κ2) is 6.99. The van der Waals surface area contributed by atoms with Crippen LogP contribution in [0.25, 0.3) is 0 Å². The average molecular weight is 277 g/mol. The molecule has 0 radical (unpaired) electrons. The van der Waals surface area contributed by atoms with Gasteiger partial charge in [-0.3, -0.25) is 4.90 Å². The fraction of sp³-hybridized carbons (Fsp3) is 0.733. The first-order valence-corrected chi connectivity index (χ1v) is 7.53. The summed E-state index contributed by atoms with van der Waals surface area (Å²) in [7, 11) is 2.20. The molecule has 20 heavy (non-hydrogen) atoms. The van der Waals surface area contributed by atoms with Gasteiger partial charge in [-0.1, -0.05) is 13.8 Å². The molecule has 1 unspecified atom stereocenters. The Morgan fingerprint density at radius 2 is 1.85 bits per heavy atom. The quantitative estimate of drug-likeness (QED) is 0.883. The van der Waals surface area contributed by atoms with E-state index < -0.39 is 0 Å². The SMILES string of the molecule is Cc1ccc(NCC(C(C)C)N2CCN(C)CC2)nn1. The number of piperazine rings is 1. The number of likely N-dealkylation sites (N-methyl/N-ethyl adjacent to an activating group) is 1. The summed E-state index contributed by atoms with van der Waals surface area (Å²) in [4.78, 5) is 4.99. The van der Waals surface area contributed by atoms with E-state index in [0.29, 0.717) is 12.0 Å². The van der Waals surface area contributed by atoms with Crippen molar-refractivity contribution in [2.24, 2.45) is 5.92 Å². The summed E-state index contributed by atoms with van der Waals surface area (Å²) >= 11 is 0. The summed E-state index contributed by atoms with van der Waals surface area (Å²) in [6.45, 7) is 12.1. The van der Waals surface area contributed by atoms with Crippen molar-refractivity contribution in [2.75, 3.05) is 45.1 Å². The lowest BCUT2D eigenvalue weighted by Crippen LogP contribution is -2.52. The highest BCUT2D eigenvalue weighted by atomic mass is 15.3. The van der Waals surface area contributed by atoms with Crippen LogP contribution in [0.2, 0.25) is 0 Å².